The van der Waals surface area contributed by atoms with Gasteiger partial charge in [0.1, 0.15) is 5.84 Å². The lowest BCUT2D eigenvalue weighted by Gasteiger charge is -1.73. The first kappa shape index (κ1) is 7.27. The Kier molecular flexibility index (Phi) is 4.03. The standard InChI is InChI=1S/C3H6.C2H6N2O/c1-2-3-1;1-2(3)4-5/h1-3H2;5H,1H3,(H2,3,4). The number of hydrogen-bond donors (Lipinski definition) is 2. The van der Waals surface area contributed by atoms with Crippen LogP contribution in [0.2, 0.25) is 0 Å². The maximum Gasteiger partial charge on any atom is 0.135 e. The molecule has 0 heterocycles. The van der Waals surface area contributed by atoms with Crippen LogP contribution in [0.15, 0.2) is 5.16 Å². The van der Waals surface area contributed by atoms with Crippen molar-refractivity contribution in [3.05, 3.63) is 0 Å². The van der Waals surface area contributed by atoms with Gasteiger partial charge in [0.15, 0.2) is 0 Å². The normalized spacial score (nSPS) is 16.4. The Balaban J connectivity index is 0.000000135. The molecule has 1 rings (SSSR count). The lowest BCUT2D eigenvalue weighted by Crippen LogP contribution is -2.03. The van der Waals surface area contributed by atoms with Crippen LogP contribution in [0.5, 0.6) is 0 Å². The van der Waals surface area contributed by atoms with Crippen molar-refractivity contribution in [3.63, 3.8) is 0 Å². The Hall–Kier alpha value is -0.730. The molecule has 1 aliphatic carbocycles. The Bertz CT molecular complexity index is 71.7. The van der Waals surface area contributed by atoms with Gasteiger partial charge in [-0.1, -0.05) is 24.4 Å². The Morgan fingerprint density at radius 3 is 1.75 bits per heavy atom. The smallest absolute Gasteiger partial charge is 0.135 e. The first-order valence-corrected chi connectivity index (χ1v) is 2.71. The van der Waals surface area contributed by atoms with Crippen LogP contribution in [0.4, 0.5) is 0 Å². The zero-order chi connectivity index (χ0) is 6.41. The molecule has 0 atom stereocenters. The first-order valence-electron chi connectivity index (χ1n) is 2.71. The van der Waals surface area contributed by atoms with E-state index in [0.717, 1.165) is 0 Å². The molecular formula is C5H12N2O. The van der Waals surface area contributed by atoms with Crippen LogP contribution in [0.1, 0.15) is 26.2 Å². The van der Waals surface area contributed by atoms with E-state index in [1.807, 2.05) is 0 Å². The third kappa shape index (κ3) is 18.6. The van der Waals surface area contributed by atoms with Crippen molar-refractivity contribution in [1.29, 1.82) is 0 Å². The summed E-state index contributed by atoms with van der Waals surface area (Å²) in [6.45, 7) is 1.50. The van der Waals surface area contributed by atoms with Crippen LogP contribution < -0.4 is 5.73 Å². The summed E-state index contributed by atoms with van der Waals surface area (Å²) in [7, 11) is 0. The van der Waals surface area contributed by atoms with Gasteiger partial charge in [0.05, 0.1) is 0 Å². The molecule has 0 aliphatic heterocycles. The second-order valence-corrected chi connectivity index (χ2v) is 1.80. The molecule has 1 fully saturated rings. The Morgan fingerprint density at radius 2 is 1.75 bits per heavy atom. The van der Waals surface area contributed by atoms with Crippen LogP contribution >= 0.6 is 0 Å². The number of hydrogen-bond acceptors (Lipinski definition) is 2. The quantitative estimate of drug-likeness (QED) is 0.214. The van der Waals surface area contributed by atoms with Gasteiger partial charge in [-0.2, -0.15) is 0 Å². The van der Waals surface area contributed by atoms with Gasteiger partial charge >= 0.3 is 0 Å². The molecule has 0 spiro atoms. The van der Waals surface area contributed by atoms with Crippen LogP contribution in [0, 0.1) is 0 Å². The molecule has 0 radical (unpaired) electrons. The highest BCUT2D eigenvalue weighted by molar-refractivity contribution is 5.76. The molecular weight excluding hydrogens is 104 g/mol. The third-order valence-corrected chi connectivity index (χ3v) is 0.511. The van der Waals surface area contributed by atoms with Gasteiger partial charge in [-0.05, 0) is 6.92 Å². The van der Waals surface area contributed by atoms with Crippen molar-refractivity contribution in [3.8, 4) is 0 Å². The summed E-state index contributed by atoms with van der Waals surface area (Å²) in [5.74, 6) is 0.185. The van der Waals surface area contributed by atoms with Gasteiger partial charge in [-0.15, -0.1) is 0 Å². The van der Waals surface area contributed by atoms with E-state index in [2.05, 4.69) is 5.16 Å². The zero-order valence-corrected chi connectivity index (χ0v) is 5.09. The van der Waals surface area contributed by atoms with Crippen molar-refractivity contribution in [2.45, 2.75) is 26.2 Å². The molecule has 1 aliphatic rings. The number of oxime groups is 1. The molecule has 3 heteroatoms. The molecule has 1 saturated carbocycles. The molecule has 0 saturated heterocycles. The van der Waals surface area contributed by atoms with E-state index in [4.69, 9.17) is 10.9 Å². The van der Waals surface area contributed by atoms with Crippen LogP contribution in [0.3, 0.4) is 0 Å². The topological polar surface area (TPSA) is 58.6 Å². The largest absolute Gasteiger partial charge is 0.409 e. The molecule has 0 unspecified atom stereocenters. The summed E-state index contributed by atoms with van der Waals surface area (Å²) >= 11 is 0. The van der Waals surface area contributed by atoms with E-state index in [-0.39, 0.29) is 5.84 Å². The van der Waals surface area contributed by atoms with E-state index in [9.17, 15) is 0 Å². The van der Waals surface area contributed by atoms with E-state index in [1.165, 1.54) is 26.2 Å². The fraction of sp³-hybridized carbons (Fsp3) is 0.800. The van der Waals surface area contributed by atoms with Crippen molar-refractivity contribution in [2.24, 2.45) is 10.9 Å². The van der Waals surface area contributed by atoms with Crippen LogP contribution in [-0.2, 0) is 0 Å². The Labute approximate surface area is 49.2 Å². The SMILES string of the molecule is C1CC1.CC(N)=NO. The second-order valence-electron chi connectivity index (χ2n) is 1.80. The first-order chi connectivity index (χ1) is 3.77. The van der Waals surface area contributed by atoms with E-state index in [0.29, 0.717) is 0 Å². The lowest BCUT2D eigenvalue weighted by molar-refractivity contribution is 0.318. The minimum Gasteiger partial charge on any atom is -0.409 e. The summed E-state index contributed by atoms with van der Waals surface area (Å²) in [6.07, 6.45) is 4.50. The predicted octanol–water partition coefficient (Wildman–Crippen LogP) is 0.923. The number of rotatable bonds is 0. The molecule has 0 aromatic rings. The monoisotopic (exact) mass is 116 g/mol. The average molecular weight is 116 g/mol. The lowest BCUT2D eigenvalue weighted by atomic mass is 10.7. The molecule has 48 valence electrons. The maximum absolute atomic E-state index is 7.61. The fourth-order valence-electron chi connectivity index (χ4n) is 0. The van der Waals surface area contributed by atoms with Crippen LogP contribution in [0.25, 0.3) is 0 Å². The third-order valence-electron chi connectivity index (χ3n) is 0.511. The minimum atomic E-state index is 0.185. The molecule has 0 amide bonds. The zero-order valence-electron chi connectivity index (χ0n) is 5.09. The van der Waals surface area contributed by atoms with Crippen molar-refractivity contribution >= 4 is 5.84 Å². The Morgan fingerprint density at radius 1 is 1.50 bits per heavy atom. The van der Waals surface area contributed by atoms with Gasteiger partial charge in [-0.3, -0.25) is 0 Å². The number of nitrogens with zero attached hydrogens (tertiary/aromatic N) is 1. The predicted molar refractivity (Wildman–Crippen MR) is 32.9 cm³/mol. The molecule has 8 heavy (non-hydrogen) atoms. The summed E-state index contributed by atoms with van der Waals surface area (Å²) < 4.78 is 0. The summed E-state index contributed by atoms with van der Waals surface area (Å²) in [5.41, 5.74) is 4.79. The van der Waals surface area contributed by atoms with Gasteiger partial charge in [-0.25, -0.2) is 0 Å². The van der Waals surface area contributed by atoms with Gasteiger partial charge < -0.3 is 10.9 Å². The minimum absolute atomic E-state index is 0.185. The molecule has 0 bridgehead atoms. The highest BCUT2D eigenvalue weighted by Crippen LogP contribution is 2.14. The van der Waals surface area contributed by atoms with Gasteiger partial charge in [0, 0.05) is 0 Å². The summed E-state index contributed by atoms with van der Waals surface area (Å²) in [6, 6.07) is 0. The van der Waals surface area contributed by atoms with Gasteiger partial charge in [0.2, 0.25) is 0 Å². The highest BCUT2D eigenvalue weighted by atomic mass is 16.4. The average Bonchev–Trinajstić information content (AvgIpc) is 2.48. The van der Waals surface area contributed by atoms with Crippen molar-refractivity contribution < 1.29 is 5.21 Å². The highest BCUT2D eigenvalue weighted by Gasteiger charge is 1.95. The summed E-state index contributed by atoms with van der Waals surface area (Å²) in [5, 5.41) is 10.2. The van der Waals surface area contributed by atoms with E-state index in [1.54, 1.807) is 0 Å². The van der Waals surface area contributed by atoms with Crippen molar-refractivity contribution in [1.82, 2.24) is 0 Å². The van der Waals surface area contributed by atoms with Crippen LogP contribution in [-0.4, -0.2) is 11.0 Å². The maximum atomic E-state index is 7.61. The second kappa shape index (κ2) is 4.43. The van der Waals surface area contributed by atoms with E-state index >= 15 is 0 Å². The number of nitrogens with two attached hydrogens (primary N) is 1. The van der Waals surface area contributed by atoms with Crippen molar-refractivity contribution in [2.75, 3.05) is 0 Å². The fourth-order valence-corrected chi connectivity index (χ4v) is 0. The summed E-state index contributed by atoms with van der Waals surface area (Å²) in [4.78, 5) is 0. The molecule has 0 aromatic heterocycles. The molecule has 3 N–H and O–H groups in total. The van der Waals surface area contributed by atoms with E-state index < -0.39 is 0 Å². The van der Waals surface area contributed by atoms with Gasteiger partial charge in [0.25, 0.3) is 0 Å². The number of amidine groups is 1. The molecule has 3 nitrogen and oxygen atoms in total. The molecule has 0 aromatic carbocycles.